The first-order valence-electron chi connectivity index (χ1n) is 11.6. The van der Waals surface area contributed by atoms with Crippen LogP contribution >= 0.6 is 0 Å². The Kier molecular flexibility index (Phi) is 7.03. The topological polar surface area (TPSA) is 117 Å². The number of benzene rings is 1. The van der Waals surface area contributed by atoms with Gasteiger partial charge in [0.05, 0.1) is 6.04 Å². The molecule has 33 heavy (non-hydrogen) atoms. The number of pyridine rings is 1. The molecule has 174 valence electrons. The summed E-state index contributed by atoms with van der Waals surface area (Å²) in [5.74, 6) is -0.481. The van der Waals surface area contributed by atoms with Crippen molar-refractivity contribution in [1.29, 1.82) is 0 Å². The summed E-state index contributed by atoms with van der Waals surface area (Å²) in [6, 6.07) is 10.6. The van der Waals surface area contributed by atoms with Gasteiger partial charge in [0.1, 0.15) is 17.9 Å². The highest BCUT2D eigenvalue weighted by Gasteiger charge is 2.44. The average Bonchev–Trinajstić information content (AvgIpc) is 3.23. The van der Waals surface area contributed by atoms with Gasteiger partial charge < -0.3 is 16.4 Å². The van der Waals surface area contributed by atoms with Crippen LogP contribution in [0.25, 0.3) is 0 Å². The van der Waals surface area contributed by atoms with E-state index in [2.05, 4.69) is 15.6 Å². The third-order valence-electron chi connectivity index (χ3n) is 6.50. The van der Waals surface area contributed by atoms with Crippen molar-refractivity contribution < 1.29 is 14.4 Å². The summed E-state index contributed by atoms with van der Waals surface area (Å²) < 4.78 is 0. The first-order chi connectivity index (χ1) is 16.0. The summed E-state index contributed by atoms with van der Waals surface area (Å²) in [7, 11) is 0. The van der Waals surface area contributed by atoms with E-state index < -0.39 is 18.1 Å². The second-order valence-corrected chi connectivity index (χ2v) is 8.94. The number of nitrogens with two attached hydrogens (primary N) is 1. The molecule has 1 aliphatic heterocycles. The lowest BCUT2D eigenvalue weighted by molar-refractivity contribution is -0.130. The minimum atomic E-state index is -0.749. The Balaban J connectivity index is 1.65. The molecule has 0 saturated heterocycles. The average molecular weight is 450 g/mol. The lowest BCUT2D eigenvalue weighted by Crippen LogP contribution is -2.58. The maximum Gasteiger partial charge on any atom is 0.251 e. The number of hydrogen-bond donors (Lipinski definition) is 3. The maximum atomic E-state index is 14.0. The minimum Gasteiger partial charge on any atom is -0.343 e. The van der Waals surface area contributed by atoms with E-state index in [1.54, 1.807) is 31.3 Å². The van der Waals surface area contributed by atoms with Crippen LogP contribution < -0.4 is 21.3 Å². The summed E-state index contributed by atoms with van der Waals surface area (Å²) in [6.45, 7) is 1.60. The van der Waals surface area contributed by atoms with Crippen LogP contribution in [0.5, 0.6) is 0 Å². The predicted octanol–water partition coefficient (Wildman–Crippen LogP) is 2.39. The van der Waals surface area contributed by atoms with Gasteiger partial charge >= 0.3 is 0 Å². The van der Waals surface area contributed by atoms with E-state index in [9.17, 15) is 14.4 Å². The molecule has 8 nitrogen and oxygen atoms in total. The van der Waals surface area contributed by atoms with Crippen LogP contribution in [0.3, 0.4) is 0 Å². The van der Waals surface area contributed by atoms with Crippen LogP contribution in [0.15, 0.2) is 48.7 Å². The maximum absolute atomic E-state index is 14.0. The van der Waals surface area contributed by atoms with Gasteiger partial charge in [-0.3, -0.25) is 19.3 Å². The van der Waals surface area contributed by atoms with Crippen molar-refractivity contribution in [1.82, 2.24) is 10.3 Å². The van der Waals surface area contributed by atoms with Crippen molar-refractivity contribution in [3.8, 4) is 0 Å². The van der Waals surface area contributed by atoms with E-state index in [0.717, 1.165) is 37.7 Å². The van der Waals surface area contributed by atoms with Crippen molar-refractivity contribution in [3.63, 3.8) is 0 Å². The Morgan fingerprint density at radius 1 is 1.06 bits per heavy atom. The van der Waals surface area contributed by atoms with Gasteiger partial charge in [0.25, 0.3) is 5.91 Å². The number of nitrogens with zero attached hydrogens (tertiary/aromatic N) is 2. The zero-order chi connectivity index (χ0) is 23.4. The summed E-state index contributed by atoms with van der Waals surface area (Å²) in [5, 5.41) is 5.80. The SMILES string of the molecule is C[C@H](N)C(=O)N[C@H](C(=O)N1c2ncccc2C[C@H]1C(=O)Nc1ccccc1)C1CCCCC1. The Morgan fingerprint density at radius 3 is 2.48 bits per heavy atom. The van der Waals surface area contributed by atoms with Crippen molar-refractivity contribution in [3.05, 3.63) is 54.2 Å². The van der Waals surface area contributed by atoms with Gasteiger partial charge in [0.2, 0.25) is 11.8 Å². The van der Waals surface area contributed by atoms with Crippen LogP contribution in [-0.4, -0.2) is 40.8 Å². The number of aromatic nitrogens is 1. The Bertz CT molecular complexity index is 1000. The van der Waals surface area contributed by atoms with Gasteiger partial charge in [-0.25, -0.2) is 4.98 Å². The highest BCUT2D eigenvalue weighted by Crippen LogP contribution is 2.34. The van der Waals surface area contributed by atoms with Crippen molar-refractivity contribution >= 4 is 29.2 Å². The molecule has 8 heteroatoms. The lowest BCUT2D eigenvalue weighted by atomic mass is 9.83. The highest BCUT2D eigenvalue weighted by atomic mass is 16.2. The van der Waals surface area contributed by atoms with Gasteiger partial charge in [0, 0.05) is 18.3 Å². The van der Waals surface area contributed by atoms with Crippen molar-refractivity contribution in [2.75, 3.05) is 10.2 Å². The fraction of sp³-hybridized carbons (Fsp3) is 0.440. The van der Waals surface area contributed by atoms with Crippen molar-refractivity contribution in [2.24, 2.45) is 11.7 Å². The van der Waals surface area contributed by atoms with E-state index in [1.807, 2.05) is 24.3 Å². The molecule has 0 unspecified atom stereocenters. The third-order valence-corrected chi connectivity index (χ3v) is 6.50. The van der Waals surface area contributed by atoms with E-state index in [0.29, 0.717) is 17.9 Å². The number of carbonyl (C=O) groups excluding carboxylic acids is 3. The zero-order valence-electron chi connectivity index (χ0n) is 18.9. The lowest BCUT2D eigenvalue weighted by Gasteiger charge is -2.34. The first kappa shape index (κ1) is 22.9. The number of amides is 3. The number of anilines is 2. The van der Waals surface area contributed by atoms with E-state index in [-0.39, 0.29) is 23.6 Å². The number of hydrogen-bond acceptors (Lipinski definition) is 5. The second-order valence-electron chi connectivity index (χ2n) is 8.94. The van der Waals surface area contributed by atoms with Crippen LogP contribution in [0.4, 0.5) is 11.5 Å². The molecule has 2 heterocycles. The molecule has 1 fully saturated rings. The Morgan fingerprint density at radius 2 is 1.79 bits per heavy atom. The molecular weight excluding hydrogens is 418 g/mol. The second kappa shape index (κ2) is 10.1. The molecule has 0 bridgehead atoms. The molecule has 0 radical (unpaired) electrons. The Labute approximate surface area is 193 Å². The fourth-order valence-electron chi connectivity index (χ4n) is 4.75. The number of rotatable bonds is 6. The quantitative estimate of drug-likeness (QED) is 0.626. The molecule has 1 aromatic heterocycles. The Hall–Kier alpha value is -3.26. The third kappa shape index (κ3) is 5.06. The molecule has 1 aliphatic carbocycles. The van der Waals surface area contributed by atoms with E-state index in [1.165, 1.54) is 4.90 Å². The number of para-hydroxylation sites is 1. The van der Waals surface area contributed by atoms with Gasteiger partial charge in [0.15, 0.2) is 0 Å². The molecule has 4 N–H and O–H groups in total. The summed E-state index contributed by atoms with van der Waals surface area (Å²) in [6.07, 6.45) is 6.82. The molecule has 1 saturated carbocycles. The van der Waals surface area contributed by atoms with Crippen LogP contribution in [-0.2, 0) is 20.8 Å². The normalized spacial score (nSPS) is 19.9. The summed E-state index contributed by atoms with van der Waals surface area (Å²) in [5.41, 5.74) is 7.29. The van der Waals surface area contributed by atoms with Crippen LogP contribution in [0.2, 0.25) is 0 Å². The molecule has 3 atom stereocenters. The number of nitrogens with one attached hydrogen (secondary N) is 2. The minimum absolute atomic E-state index is 0.000420. The summed E-state index contributed by atoms with van der Waals surface area (Å²) in [4.78, 5) is 45.7. The monoisotopic (exact) mass is 449 g/mol. The number of carbonyl (C=O) groups is 3. The van der Waals surface area contributed by atoms with E-state index >= 15 is 0 Å². The molecule has 1 aromatic carbocycles. The molecule has 0 spiro atoms. The summed E-state index contributed by atoms with van der Waals surface area (Å²) >= 11 is 0. The van der Waals surface area contributed by atoms with Crippen LogP contribution in [0.1, 0.15) is 44.6 Å². The van der Waals surface area contributed by atoms with Crippen molar-refractivity contribution in [2.45, 2.75) is 63.6 Å². The van der Waals surface area contributed by atoms with E-state index in [4.69, 9.17) is 5.73 Å². The number of fused-ring (bicyclic) bond motifs is 1. The fourth-order valence-corrected chi connectivity index (χ4v) is 4.75. The zero-order valence-corrected chi connectivity index (χ0v) is 18.9. The van der Waals surface area contributed by atoms with Gasteiger partial charge in [-0.2, -0.15) is 0 Å². The molecular formula is C25H31N5O3. The van der Waals surface area contributed by atoms with Gasteiger partial charge in [-0.1, -0.05) is 43.5 Å². The smallest absolute Gasteiger partial charge is 0.251 e. The predicted molar refractivity (Wildman–Crippen MR) is 126 cm³/mol. The molecule has 2 aromatic rings. The molecule has 3 amide bonds. The standard InChI is InChI=1S/C25H31N5O3/c1-16(26)23(31)29-21(17-9-4-2-5-10-17)25(33)30-20(15-18-11-8-14-27-22(18)30)24(32)28-19-12-6-3-7-13-19/h3,6-8,11-14,16-17,20-21H,2,4-5,9-10,15,26H2,1H3,(H,28,32)(H,29,31)/t16-,20-,21-/m0/s1. The largest absolute Gasteiger partial charge is 0.343 e. The first-order valence-corrected chi connectivity index (χ1v) is 11.6. The van der Waals surface area contributed by atoms with Crippen LogP contribution in [0, 0.1) is 5.92 Å². The molecule has 2 aliphatic rings. The van der Waals surface area contributed by atoms with Gasteiger partial charge in [-0.15, -0.1) is 0 Å². The van der Waals surface area contributed by atoms with Gasteiger partial charge in [-0.05, 0) is 49.4 Å². The molecule has 4 rings (SSSR count). The highest BCUT2D eigenvalue weighted by molar-refractivity contribution is 6.09.